The Balaban J connectivity index is 1.39. The fourth-order valence-electron chi connectivity index (χ4n) is 5.09. The highest BCUT2D eigenvalue weighted by Crippen LogP contribution is 2.34. The molecule has 0 bridgehead atoms. The van der Waals surface area contributed by atoms with Crippen LogP contribution in [0.15, 0.2) is 60.7 Å². The molecule has 1 unspecified atom stereocenters. The summed E-state index contributed by atoms with van der Waals surface area (Å²) in [7, 11) is 0. The SMILES string of the molecule is Cc1cc(C(=O)CN2C(=O)NC3(CCc4ccccc4C3)C2=O)c(C)n1-c1ccccc1. The first-order valence-corrected chi connectivity index (χ1v) is 10.9. The van der Waals surface area contributed by atoms with Gasteiger partial charge in [0.05, 0.1) is 6.54 Å². The smallest absolute Gasteiger partial charge is 0.323 e. The molecule has 0 radical (unpaired) electrons. The van der Waals surface area contributed by atoms with Gasteiger partial charge < -0.3 is 9.88 Å². The summed E-state index contributed by atoms with van der Waals surface area (Å²) in [4.78, 5) is 40.4. The summed E-state index contributed by atoms with van der Waals surface area (Å²) in [5.41, 5.74) is 4.56. The minimum absolute atomic E-state index is 0.239. The van der Waals surface area contributed by atoms with Crippen molar-refractivity contribution in [3.63, 3.8) is 0 Å². The van der Waals surface area contributed by atoms with Gasteiger partial charge in [-0.15, -0.1) is 0 Å². The number of ketones is 1. The third-order valence-corrected chi connectivity index (χ3v) is 6.73. The van der Waals surface area contributed by atoms with E-state index < -0.39 is 11.6 Å². The second-order valence-corrected chi connectivity index (χ2v) is 8.73. The van der Waals surface area contributed by atoms with E-state index in [9.17, 15) is 14.4 Å². The van der Waals surface area contributed by atoms with Crippen LogP contribution in [-0.4, -0.2) is 39.3 Å². The molecule has 3 aromatic rings. The molecule has 1 spiro atoms. The highest BCUT2D eigenvalue weighted by molar-refractivity contribution is 6.11. The van der Waals surface area contributed by atoms with Gasteiger partial charge in [-0.25, -0.2) is 4.79 Å². The van der Waals surface area contributed by atoms with Crippen LogP contribution in [0.5, 0.6) is 0 Å². The summed E-state index contributed by atoms with van der Waals surface area (Å²) in [5, 5.41) is 2.90. The Labute approximate surface area is 186 Å². The number of hydrogen-bond donors (Lipinski definition) is 1. The molecule has 0 saturated carbocycles. The lowest BCUT2D eigenvalue weighted by molar-refractivity contribution is -0.131. The van der Waals surface area contributed by atoms with Crippen molar-refractivity contribution in [2.24, 2.45) is 0 Å². The van der Waals surface area contributed by atoms with E-state index in [0.717, 1.165) is 34.0 Å². The number of imide groups is 1. The third kappa shape index (κ3) is 3.14. The Bertz CT molecular complexity index is 1240. The number of Topliss-reactive ketones (excluding diaryl/α,β-unsaturated/α-hetero) is 1. The van der Waals surface area contributed by atoms with Crippen molar-refractivity contribution >= 4 is 17.7 Å². The van der Waals surface area contributed by atoms with Gasteiger partial charge >= 0.3 is 6.03 Å². The van der Waals surface area contributed by atoms with E-state index in [2.05, 4.69) is 11.4 Å². The van der Waals surface area contributed by atoms with Gasteiger partial charge in [0.15, 0.2) is 5.78 Å². The molecule has 1 atom stereocenters. The molecule has 162 valence electrons. The number of hydrogen-bond acceptors (Lipinski definition) is 3. The number of amides is 3. The maximum absolute atomic E-state index is 13.3. The summed E-state index contributed by atoms with van der Waals surface area (Å²) in [6.45, 7) is 3.57. The number of nitrogens with one attached hydrogen (secondary N) is 1. The summed E-state index contributed by atoms with van der Waals surface area (Å²) in [6, 6.07) is 19.2. The first kappa shape index (κ1) is 20.2. The molecule has 2 heterocycles. The summed E-state index contributed by atoms with van der Waals surface area (Å²) in [5.74, 6) is -0.542. The standard InChI is InChI=1S/C26H25N3O3/c1-17-14-22(18(2)29(17)21-10-4-3-5-11-21)23(30)16-28-24(31)26(27-25(28)32)13-12-19-8-6-7-9-20(19)15-26/h3-11,14H,12-13,15-16H2,1-2H3,(H,27,32). The normalized spacial score (nSPS) is 19.9. The van der Waals surface area contributed by atoms with Gasteiger partial charge in [0.25, 0.3) is 5.91 Å². The number of carbonyl (C=O) groups excluding carboxylic acids is 3. The number of benzene rings is 2. The third-order valence-electron chi connectivity index (χ3n) is 6.73. The molecular weight excluding hydrogens is 402 g/mol. The number of aromatic nitrogens is 1. The van der Waals surface area contributed by atoms with Gasteiger partial charge in [0.1, 0.15) is 5.54 Å². The predicted octanol–water partition coefficient (Wildman–Crippen LogP) is 3.76. The van der Waals surface area contributed by atoms with Gasteiger partial charge in [0.2, 0.25) is 0 Å². The second-order valence-electron chi connectivity index (χ2n) is 8.73. The second kappa shape index (κ2) is 7.48. The molecule has 1 fully saturated rings. The van der Waals surface area contributed by atoms with E-state index in [1.807, 2.05) is 73.0 Å². The number of para-hydroxylation sites is 1. The van der Waals surface area contributed by atoms with Gasteiger partial charge in [-0.2, -0.15) is 0 Å². The lowest BCUT2D eigenvalue weighted by atomic mass is 9.78. The van der Waals surface area contributed by atoms with E-state index in [1.54, 1.807) is 0 Å². The number of aryl methyl sites for hydroxylation is 2. The van der Waals surface area contributed by atoms with Crippen LogP contribution in [0.1, 0.15) is 39.3 Å². The molecule has 1 aliphatic heterocycles. The van der Waals surface area contributed by atoms with Crippen LogP contribution in [0.25, 0.3) is 5.69 Å². The number of rotatable bonds is 4. The van der Waals surface area contributed by atoms with E-state index in [1.165, 1.54) is 5.56 Å². The molecule has 2 aromatic carbocycles. The first-order chi connectivity index (χ1) is 15.4. The number of fused-ring (bicyclic) bond motifs is 1. The maximum atomic E-state index is 13.3. The maximum Gasteiger partial charge on any atom is 0.325 e. The zero-order chi connectivity index (χ0) is 22.5. The summed E-state index contributed by atoms with van der Waals surface area (Å²) in [6.07, 6.45) is 1.73. The molecule has 2 aliphatic rings. The van der Waals surface area contributed by atoms with E-state index in [-0.39, 0.29) is 18.2 Å². The minimum Gasteiger partial charge on any atom is -0.323 e. The van der Waals surface area contributed by atoms with Crippen LogP contribution >= 0.6 is 0 Å². The molecule has 1 aromatic heterocycles. The Morgan fingerprint density at radius 2 is 1.69 bits per heavy atom. The zero-order valence-electron chi connectivity index (χ0n) is 18.2. The molecular formula is C26H25N3O3. The molecule has 5 rings (SSSR count). The van der Waals surface area contributed by atoms with Crippen molar-refractivity contribution in [2.45, 2.75) is 38.6 Å². The van der Waals surface area contributed by atoms with Crippen molar-refractivity contribution in [3.8, 4) is 5.69 Å². The zero-order valence-corrected chi connectivity index (χ0v) is 18.2. The monoisotopic (exact) mass is 427 g/mol. The number of carbonyl (C=O) groups is 3. The fraction of sp³-hybridized carbons (Fsp3) is 0.269. The van der Waals surface area contributed by atoms with Crippen molar-refractivity contribution in [1.29, 1.82) is 0 Å². The predicted molar refractivity (Wildman–Crippen MR) is 121 cm³/mol. The lowest BCUT2D eigenvalue weighted by Gasteiger charge is -2.32. The molecule has 3 amide bonds. The fourth-order valence-corrected chi connectivity index (χ4v) is 5.09. The van der Waals surface area contributed by atoms with Crippen LogP contribution in [0, 0.1) is 13.8 Å². The lowest BCUT2D eigenvalue weighted by Crippen LogP contribution is -2.51. The Kier molecular flexibility index (Phi) is 4.73. The molecule has 1 saturated heterocycles. The Morgan fingerprint density at radius 3 is 2.44 bits per heavy atom. The molecule has 1 N–H and O–H groups in total. The first-order valence-electron chi connectivity index (χ1n) is 10.9. The van der Waals surface area contributed by atoms with Crippen LogP contribution in [0.3, 0.4) is 0 Å². The Morgan fingerprint density at radius 1 is 1.00 bits per heavy atom. The van der Waals surface area contributed by atoms with E-state index in [0.29, 0.717) is 18.4 Å². The van der Waals surface area contributed by atoms with Crippen molar-refractivity contribution in [3.05, 3.63) is 88.7 Å². The quantitative estimate of drug-likeness (QED) is 0.509. The number of nitrogens with zero attached hydrogens (tertiary/aromatic N) is 2. The van der Waals surface area contributed by atoms with Crippen molar-refractivity contribution in [2.75, 3.05) is 6.54 Å². The van der Waals surface area contributed by atoms with Crippen molar-refractivity contribution in [1.82, 2.24) is 14.8 Å². The number of urea groups is 1. The molecule has 6 heteroatoms. The Hall–Kier alpha value is -3.67. The van der Waals surface area contributed by atoms with E-state index >= 15 is 0 Å². The van der Waals surface area contributed by atoms with Crippen LogP contribution in [0.2, 0.25) is 0 Å². The molecule has 32 heavy (non-hydrogen) atoms. The highest BCUT2D eigenvalue weighted by Gasteiger charge is 2.52. The van der Waals surface area contributed by atoms with Gasteiger partial charge in [-0.1, -0.05) is 42.5 Å². The molecule has 6 nitrogen and oxygen atoms in total. The summed E-state index contributed by atoms with van der Waals surface area (Å²) >= 11 is 0. The van der Waals surface area contributed by atoms with Gasteiger partial charge in [0, 0.05) is 29.1 Å². The van der Waals surface area contributed by atoms with Gasteiger partial charge in [-0.05, 0) is 56.0 Å². The van der Waals surface area contributed by atoms with Crippen molar-refractivity contribution < 1.29 is 14.4 Å². The topological polar surface area (TPSA) is 71.4 Å². The average Bonchev–Trinajstić information content (AvgIpc) is 3.21. The minimum atomic E-state index is -0.952. The highest BCUT2D eigenvalue weighted by atomic mass is 16.2. The van der Waals surface area contributed by atoms with Crippen LogP contribution in [0.4, 0.5) is 4.79 Å². The van der Waals surface area contributed by atoms with Gasteiger partial charge in [-0.3, -0.25) is 14.5 Å². The molecule has 1 aliphatic carbocycles. The van der Waals surface area contributed by atoms with Crippen LogP contribution < -0.4 is 5.32 Å². The largest absolute Gasteiger partial charge is 0.325 e. The van der Waals surface area contributed by atoms with E-state index in [4.69, 9.17) is 0 Å². The average molecular weight is 428 g/mol. The van der Waals surface area contributed by atoms with Crippen LogP contribution in [-0.2, 0) is 17.6 Å². The summed E-state index contributed by atoms with van der Waals surface area (Å²) < 4.78 is 2.01.